The number of sulfonamides is 1. The summed E-state index contributed by atoms with van der Waals surface area (Å²) in [5.41, 5.74) is -0.764. The smallest absolute Gasteiger partial charge is 0.408 e. The third-order valence-electron chi connectivity index (χ3n) is 9.67. The summed E-state index contributed by atoms with van der Waals surface area (Å²) in [5, 5.41) is 4.87. The molecule has 50 heavy (non-hydrogen) atoms. The molecule has 5 atom stereocenters. The molecule has 3 fully saturated rings. The van der Waals surface area contributed by atoms with Gasteiger partial charge < -0.3 is 25.0 Å². The number of hydrogen-bond donors (Lipinski definition) is 3. The minimum absolute atomic E-state index is 0.0276. The van der Waals surface area contributed by atoms with Gasteiger partial charge in [-0.05, 0) is 62.6 Å². The van der Waals surface area contributed by atoms with Crippen molar-refractivity contribution in [1.82, 2.24) is 20.3 Å². The lowest BCUT2D eigenvalue weighted by Gasteiger charge is -2.32. The Labute approximate surface area is 294 Å². The highest BCUT2D eigenvalue weighted by molar-refractivity contribution is 7.91. The number of nitrogens with zero attached hydrogens (tertiary/aromatic N) is 1. The Morgan fingerprint density at radius 2 is 1.60 bits per heavy atom. The van der Waals surface area contributed by atoms with Gasteiger partial charge in [-0.1, -0.05) is 74.5 Å². The van der Waals surface area contributed by atoms with E-state index < -0.39 is 73.8 Å². The molecule has 2 aromatic carbocycles. The third-order valence-corrected chi connectivity index (χ3v) is 11.5. The van der Waals surface area contributed by atoms with Crippen molar-refractivity contribution in [3.63, 3.8) is 0 Å². The zero-order valence-electron chi connectivity index (χ0n) is 29.5. The summed E-state index contributed by atoms with van der Waals surface area (Å²) >= 11 is 0. The molecule has 3 N–H and O–H groups in total. The molecule has 1 aliphatic heterocycles. The van der Waals surface area contributed by atoms with E-state index >= 15 is 0 Å². The molecule has 2 aliphatic carbocycles. The molecule has 13 heteroatoms. The highest BCUT2D eigenvalue weighted by Gasteiger charge is 2.62. The average Bonchev–Trinajstić information content (AvgIpc) is 3.99. The SMILES string of the molecule is C=C[C@@H]1C[C@@]1(NC(=O)[C@@H]1C[C@@](OC)(c2ccc(-c3ccccc3)cc2)CN1C(=O)[C@@H](NC(=O)OC(C)(C)C)C(C)C)C(=O)NS(=O)(=O)C1CC1. The van der Waals surface area contributed by atoms with Crippen molar-refractivity contribution in [3.8, 4) is 11.1 Å². The standard InChI is InChI=1S/C37H48N4O8S/c1-8-26-20-37(26,33(44)40-50(46,47)28-18-19-28)39-31(42)29-21-36(48-7,27-16-14-25(15-17-27)24-12-10-9-11-13-24)22-41(29)32(43)30(23(2)3)38-34(45)49-35(4,5)6/h8-17,23,26,28-30H,1,18-22H2,2-7H3,(H,38,45)(H,39,42)(H,40,44)/t26-,29+,30+,36+,37+/m1/s1. The van der Waals surface area contributed by atoms with Crippen molar-refractivity contribution in [2.75, 3.05) is 13.7 Å². The van der Waals surface area contributed by atoms with Gasteiger partial charge in [-0.2, -0.15) is 0 Å². The van der Waals surface area contributed by atoms with E-state index in [1.54, 1.807) is 34.6 Å². The molecule has 0 unspecified atom stereocenters. The van der Waals surface area contributed by atoms with Crippen LogP contribution in [-0.4, -0.2) is 79.3 Å². The number of amides is 4. The summed E-state index contributed by atoms with van der Waals surface area (Å²) < 4.78 is 39.1. The number of likely N-dealkylation sites (tertiary alicyclic amines) is 1. The number of carbonyl (C=O) groups excluding carboxylic acids is 4. The predicted molar refractivity (Wildman–Crippen MR) is 188 cm³/mol. The molecule has 0 bridgehead atoms. The number of ether oxygens (including phenoxy) is 2. The van der Waals surface area contributed by atoms with E-state index in [0.29, 0.717) is 12.8 Å². The van der Waals surface area contributed by atoms with Crippen molar-refractivity contribution in [3.05, 3.63) is 72.8 Å². The van der Waals surface area contributed by atoms with E-state index in [2.05, 4.69) is 21.9 Å². The van der Waals surface area contributed by atoms with Crippen molar-refractivity contribution in [1.29, 1.82) is 0 Å². The van der Waals surface area contributed by atoms with Gasteiger partial charge in [0.25, 0.3) is 5.91 Å². The quantitative estimate of drug-likeness (QED) is 0.279. The largest absolute Gasteiger partial charge is 0.444 e. The molecule has 12 nitrogen and oxygen atoms in total. The Morgan fingerprint density at radius 1 is 0.980 bits per heavy atom. The molecular weight excluding hydrogens is 660 g/mol. The van der Waals surface area contributed by atoms with Crippen molar-refractivity contribution < 1.29 is 37.1 Å². The van der Waals surface area contributed by atoms with Gasteiger partial charge in [0.05, 0.1) is 11.8 Å². The molecule has 0 radical (unpaired) electrons. The average molecular weight is 709 g/mol. The lowest BCUT2D eigenvalue weighted by atomic mass is 9.89. The van der Waals surface area contributed by atoms with Crippen LogP contribution in [0.2, 0.25) is 0 Å². The van der Waals surface area contributed by atoms with Crippen molar-refractivity contribution in [2.45, 2.75) is 94.4 Å². The minimum atomic E-state index is -3.89. The zero-order chi connectivity index (χ0) is 36.6. The van der Waals surface area contributed by atoms with Crippen LogP contribution in [0.4, 0.5) is 4.79 Å². The van der Waals surface area contributed by atoms with Crippen molar-refractivity contribution in [2.24, 2.45) is 11.8 Å². The zero-order valence-corrected chi connectivity index (χ0v) is 30.3. The Morgan fingerprint density at radius 3 is 2.12 bits per heavy atom. The van der Waals surface area contributed by atoms with E-state index in [4.69, 9.17) is 9.47 Å². The molecular formula is C37H48N4O8S. The first-order valence-corrected chi connectivity index (χ1v) is 18.5. The van der Waals surface area contributed by atoms with Gasteiger partial charge in [-0.3, -0.25) is 19.1 Å². The maximum atomic E-state index is 14.4. The second kappa shape index (κ2) is 13.8. The van der Waals surface area contributed by atoms with Gasteiger partial charge >= 0.3 is 6.09 Å². The monoisotopic (exact) mass is 708 g/mol. The van der Waals surface area contributed by atoms with Crippen LogP contribution >= 0.6 is 0 Å². The van der Waals surface area contributed by atoms with Crippen molar-refractivity contribution >= 4 is 33.8 Å². The number of nitrogens with one attached hydrogen (secondary N) is 3. The van der Waals surface area contributed by atoms with E-state index in [9.17, 15) is 27.6 Å². The summed E-state index contributed by atoms with van der Waals surface area (Å²) in [6, 6.07) is 15.3. The summed E-state index contributed by atoms with van der Waals surface area (Å²) in [7, 11) is -2.38. The molecule has 1 saturated heterocycles. The fourth-order valence-corrected chi connectivity index (χ4v) is 7.92. The van der Waals surface area contributed by atoms with Crippen LogP contribution in [0.25, 0.3) is 11.1 Å². The lowest BCUT2D eigenvalue weighted by molar-refractivity contribution is -0.142. The third kappa shape index (κ3) is 7.73. The lowest BCUT2D eigenvalue weighted by Crippen LogP contribution is -2.59. The number of alkyl carbamates (subject to hydrolysis) is 1. The molecule has 270 valence electrons. The molecule has 0 aromatic heterocycles. The Bertz CT molecular complexity index is 1740. The number of methoxy groups -OCH3 is 1. The Hall–Kier alpha value is -4.23. The van der Waals surface area contributed by atoms with Crippen LogP contribution in [-0.2, 0) is 39.5 Å². The fourth-order valence-electron chi connectivity index (χ4n) is 6.56. The van der Waals surface area contributed by atoms with Crippen LogP contribution in [0.3, 0.4) is 0 Å². The maximum Gasteiger partial charge on any atom is 0.408 e. The normalized spacial score (nSPS) is 25.4. The number of benzene rings is 2. The van der Waals surface area contributed by atoms with Gasteiger partial charge in [0, 0.05) is 19.4 Å². The summed E-state index contributed by atoms with van der Waals surface area (Å²) in [5.74, 6) is -2.92. The first-order chi connectivity index (χ1) is 23.4. The highest BCUT2D eigenvalue weighted by atomic mass is 32.2. The molecule has 2 aromatic rings. The van der Waals surface area contributed by atoms with Crippen LogP contribution in [0.1, 0.15) is 65.9 Å². The number of hydrogen-bond acceptors (Lipinski definition) is 8. The Kier molecular flexibility index (Phi) is 10.2. The van der Waals surface area contributed by atoms with E-state index in [0.717, 1.165) is 16.7 Å². The second-order valence-electron chi connectivity index (χ2n) is 14.9. The van der Waals surface area contributed by atoms with Gasteiger partial charge in [0.15, 0.2) is 0 Å². The van der Waals surface area contributed by atoms with Crippen LogP contribution in [0.5, 0.6) is 0 Å². The van der Waals surface area contributed by atoms with E-state index in [-0.39, 0.29) is 25.3 Å². The van der Waals surface area contributed by atoms with Gasteiger partial charge in [0.2, 0.25) is 21.8 Å². The van der Waals surface area contributed by atoms with Gasteiger partial charge in [-0.25, -0.2) is 13.2 Å². The Balaban J connectivity index is 1.47. The molecule has 3 aliphatic rings. The molecule has 1 heterocycles. The van der Waals surface area contributed by atoms with Crippen LogP contribution in [0.15, 0.2) is 67.3 Å². The second-order valence-corrected chi connectivity index (χ2v) is 16.8. The first kappa shape index (κ1) is 37.0. The number of carbonyl (C=O) groups is 4. The molecule has 0 spiro atoms. The fraction of sp³-hybridized carbons (Fsp3) is 0.514. The summed E-state index contributed by atoms with van der Waals surface area (Å²) in [6.45, 7) is 12.4. The molecule has 4 amide bonds. The summed E-state index contributed by atoms with van der Waals surface area (Å²) in [4.78, 5) is 56.5. The minimum Gasteiger partial charge on any atom is -0.444 e. The first-order valence-electron chi connectivity index (χ1n) is 17.0. The molecule has 5 rings (SSSR count). The van der Waals surface area contributed by atoms with E-state index in [1.807, 2.05) is 54.6 Å². The van der Waals surface area contributed by atoms with Gasteiger partial charge in [-0.15, -0.1) is 6.58 Å². The predicted octanol–water partition coefficient (Wildman–Crippen LogP) is 4.01. The number of rotatable bonds is 12. The van der Waals surface area contributed by atoms with Crippen LogP contribution in [0, 0.1) is 11.8 Å². The van der Waals surface area contributed by atoms with Crippen LogP contribution < -0.4 is 15.4 Å². The molecule has 2 saturated carbocycles. The van der Waals surface area contributed by atoms with Gasteiger partial charge in [0.1, 0.15) is 28.8 Å². The highest BCUT2D eigenvalue weighted by Crippen LogP contribution is 2.46. The topological polar surface area (TPSA) is 160 Å². The maximum absolute atomic E-state index is 14.4. The summed E-state index contributed by atoms with van der Waals surface area (Å²) in [6.07, 6.45) is 1.84. The van der Waals surface area contributed by atoms with E-state index in [1.165, 1.54) is 18.1 Å².